The number of carbonyl (C=O) groups is 3. The van der Waals surface area contributed by atoms with Crippen molar-refractivity contribution in [1.29, 1.82) is 0 Å². The Morgan fingerprint density at radius 3 is 2.03 bits per heavy atom. The van der Waals surface area contributed by atoms with Gasteiger partial charge in [0.25, 0.3) is 0 Å². The molecule has 2 fully saturated rings. The van der Waals surface area contributed by atoms with Crippen LogP contribution in [0.3, 0.4) is 0 Å². The van der Waals surface area contributed by atoms with E-state index in [1.54, 1.807) is 0 Å². The van der Waals surface area contributed by atoms with E-state index in [-0.39, 0.29) is 0 Å². The van der Waals surface area contributed by atoms with Crippen LogP contribution in [0.5, 0.6) is 0 Å². The Morgan fingerprint density at radius 2 is 1.50 bits per heavy atom. The molecule has 184 valence electrons. The van der Waals surface area contributed by atoms with Gasteiger partial charge < -0.3 is 54.0 Å². The molecule has 0 spiro atoms. The lowest BCUT2D eigenvalue weighted by atomic mass is 9.99. The molecule has 0 saturated carbocycles. The highest BCUT2D eigenvalue weighted by molar-refractivity contribution is 5.66. The summed E-state index contributed by atoms with van der Waals surface area (Å²) in [5.74, 6) is -4.62. The predicted octanol–water partition coefficient (Wildman–Crippen LogP) is -3.68. The van der Waals surface area contributed by atoms with Gasteiger partial charge in [0, 0.05) is 20.8 Å². The van der Waals surface area contributed by atoms with Gasteiger partial charge in [-0.2, -0.15) is 0 Å². The first-order valence-corrected chi connectivity index (χ1v) is 9.70. The Morgan fingerprint density at radius 1 is 0.875 bits per heavy atom. The van der Waals surface area contributed by atoms with Crippen LogP contribution < -0.4 is 0 Å². The normalized spacial score (nSPS) is 39.4. The van der Waals surface area contributed by atoms with Gasteiger partial charge in [-0.05, 0) is 0 Å². The van der Waals surface area contributed by atoms with Gasteiger partial charge in [0.15, 0.2) is 18.5 Å². The molecule has 2 unspecified atom stereocenters. The molecule has 9 atom stereocenters. The number of hydrogen-bond acceptors (Lipinski definition) is 14. The summed E-state index contributed by atoms with van der Waals surface area (Å²) >= 11 is 0. The molecule has 14 nitrogen and oxygen atoms in total. The average molecular weight is 468 g/mol. The van der Waals surface area contributed by atoms with Crippen molar-refractivity contribution >= 4 is 17.9 Å². The second kappa shape index (κ2) is 10.8. The van der Waals surface area contributed by atoms with Crippen LogP contribution in [0.2, 0.25) is 0 Å². The van der Waals surface area contributed by atoms with Gasteiger partial charge in [-0.15, -0.1) is 0 Å². The summed E-state index contributed by atoms with van der Waals surface area (Å²) in [4.78, 5) is 33.8. The number of ether oxygens (including phenoxy) is 6. The van der Waals surface area contributed by atoms with E-state index in [4.69, 9.17) is 28.4 Å². The summed E-state index contributed by atoms with van der Waals surface area (Å²) in [6.07, 6.45) is -13.1. The van der Waals surface area contributed by atoms with Crippen molar-refractivity contribution in [3.63, 3.8) is 0 Å². The van der Waals surface area contributed by atoms with Gasteiger partial charge in [0.05, 0.1) is 6.61 Å². The summed E-state index contributed by atoms with van der Waals surface area (Å²) in [5, 5.41) is 51.0. The largest absolute Gasteiger partial charge is 0.463 e. The lowest BCUT2D eigenvalue weighted by Crippen LogP contribution is -2.63. The smallest absolute Gasteiger partial charge is 0.303 e. The fourth-order valence-corrected chi connectivity index (χ4v) is 3.32. The molecule has 0 aromatic heterocycles. The molecule has 2 aliphatic rings. The lowest BCUT2D eigenvalue weighted by Gasteiger charge is -2.43. The van der Waals surface area contributed by atoms with Gasteiger partial charge in [-0.3, -0.25) is 14.4 Å². The summed E-state index contributed by atoms with van der Waals surface area (Å²) in [7, 11) is 0. The van der Waals surface area contributed by atoms with E-state index in [9.17, 15) is 39.9 Å². The van der Waals surface area contributed by atoms with Gasteiger partial charge in [0.2, 0.25) is 5.79 Å². The molecule has 2 aliphatic heterocycles. The van der Waals surface area contributed by atoms with E-state index in [2.05, 4.69) is 0 Å². The maximum absolute atomic E-state index is 11.4. The number of hydrogen-bond donors (Lipinski definition) is 5. The lowest BCUT2D eigenvalue weighted by molar-refractivity contribution is -0.383. The zero-order valence-corrected chi connectivity index (χ0v) is 17.7. The highest BCUT2D eigenvalue weighted by Gasteiger charge is 2.61. The Bertz CT molecular complexity index is 685. The van der Waals surface area contributed by atoms with E-state index in [1.807, 2.05) is 0 Å². The molecular formula is C18H28O14. The van der Waals surface area contributed by atoms with Crippen LogP contribution in [-0.2, 0) is 42.8 Å². The van der Waals surface area contributed by atoms with E-state index in [1.165, 1.54) is 0 Å². The molecule has 32 heavy (non-hydrogen) atoms. The van der Waals surface area contributed by atoms with E-state index < -0.39 is 92.5 Å². The molecule has 2 saturated heterocycles. The minimum atomic E-state index is -2.31. The maximum Gasteiger partial charge on any atom is 0.303 e. The van der Waals surface area contributed by atoms with E-state index in [0.717, 1.165) is 20.8 Å². The third kappa shape index (κ3) is 5.90. The fraction of sp³-hybridized carbons (Fsp3) is 0.833. The minimum Gasteiger partial charge on any atom is -0.463 e. The van der Waals surface area contributed by atoms with Crippen LogP contribution in [0.15, 0.2) is 0 Å². The molecule has 2 heterocycles. The van der Waals surface area contributed by atoms with Gasteiger partial charge in [0.1, 0.15) is 43.7 Å². The first kappa shape index (κ1) is 26.3. The van der Waals surface area contributed by atoms with Crippen LogP contribution >= 0.6 is 0 Å². The first-order chi connectivity index (χ1) is 14.9. The highest BCUT2D eigenvalue weighted by Crippen LogP contribution is 2.38. The maximum atomic E-state index is 11.4. The van der Waals surface area contributed by atoms with Crippen molar-refractivity contribution in [1.82, 2.24) is 0 Å². The molecule has 0 amide bonds. The van der Waals surface area contributed by atoms with Crippen molar-refractivity contribution in [3.8, 4) is 0 Å². The second-order valence-electron chi connectivity index (χ2n) is 7.38. The molecular weight excluding hydrogens is 440 g/mol. The topological polar surface area (TPSA) is 208 Å². The fourth-order valence-electron chi connectivity index (χ4n) is 3.32. The molecule has 0 aromatic carbocycles. The Balaban J connectivity index is 2.31. The summed E-state index contributed by atoms with van der Waals surface area (Å²) in [6.45, 7) is 1.20. The Kier molecular flexibility index (Phi) is 8.90. The van der Waals surface area contributed by atoms with Crippen molar-refractivity contribution in [2.75, 3.05) is 19.8 Å². The monoisotopic (exact) mass is 468 g/mol. The third-order valence-corrected chi connectivity index (χ3v) is 4.87. The molecule has 0 bridgehead atoms. The number of aliphatic hydroxyl groups excluding tert-OH is 5. The third-order valence-electron chi connectivity index (χ3n) is 4.87. The minimum absolute atomic E-state index is 0.504. The standard InChI is InChI=1S/C18H28O14/c1-7(20)27-5-11-12(23)13(24)14(25)17(30-11)32-18(6-28-8(2)21)16(26)15(29-9(3)22)10(4-19)31-18/h10-17,19,23-26H,4-6H2,1-3H3/t10-,11-,12-,13+,14-,15-,16+,17?,18?/m1/s1. The molecule has 0 aromatic rings. The zero-order valence-electron chi connectivity index (χ0n) is 17.7. The second-order valence-corrected chi connectivity index (χ2v) is 7.38. The Hall–Kier alpha value is -1.91. The van der Waals surface area contributed by atoms with Crippen LogP contribution in [0.1, 0.15) is 20.8 Å². The summed E-state index contributed by atoms with van der Waals surface area (Å²) < 4.78 is 31.1. The van der Waals surface area contributed by atoms with Crippen LogP contribution in [0.25, 0.3) is 0 Å². The summed E-state index contributed by atoms with van der Waals surface area (Å²) in [6, 6.07) is 0. The van der Waals surface area contributed by atoms with Crippen LogP contribution in [-0.4, -0.2) is 118 Å². The molecule has 0 aliphatic carbocycles. The highest BCUT2D eigenvalue weighted by atomic mass is 16.8. The zero-order chi connectivity index (χ0) is 24.2. The first-order valence-electron chi connectivity index (χ1n) is 9.70. The molecule has 5 N–H and O–H groups in total. The summed E-state index contributed by atoms with van der Waals surface area (Å²) in [5.41, 5.74) is 0. The van der Waals surface area contributed by atoms with Crippen molar-refractivity contribution in [2.24, 2.45) is 0 Å². The number of rotatable bonds is 8. The van der Waals surface area contributed by atoms with Crippen molar-refractivity contribution < 1.29 is 68.3 Å². The molecule has 14 heteroatoms. The Labute approximate surface area is 182 Å². The van der Waals surface area contributed by atoms with Gasteiger partial charge >= 0.3 is 17.9 Å². The van der Waals surface area contributed by atoms with E-state index >= 15 is 0 Å². The predicted molar refractivity (Wildman–Crippen MR) is 97.3 cm³/mol. The average Bonchev–Trinajstić information content (AvgIpc) is 2.97. The molecule has 2 rings (SSSR count). The van der Waals surface area contributed by atoms with Crippen molar-refractivity contribution in [2.45, 2.75) is 75.6 Å². The van der Waals surface area contributed by atoms with Gasteiger partial charge in [-0.1, -0.05) is 0 Å². The number of carbonyl (C=O) groups excluding carboxylic acids is 3. The van der Waals surface area contributed by atoms with Crippen molar-refractivity contribution in [3.05, 3.63) is 0 Å². The van der Waals surface area contributed by atoms with E-state index in [0.29, 0.717) is 0 Å². The van der Waals surface area contributed by atoms with Crippen LogP contribution in [0, 0.1) is 0 Å². The molecule has 0 radical (unpaired) electrons. The SMILES string of the molecule is CC(=O)OC[C@H]1OC(OC2(COC(C)=O)O[C@H](CO)[C@@H](OC(C)=O)[C@@H]2O)[C@H](O)[C@@H](O)[C@@H]1O. The van der Waals surface area contributed by atoms with Gasteiger partial charge in [-0.25, -0.2) is 0 Å². The van der Waals surface area contributed by atoms with Crippen LogP contribution in [0.4, 0.5) is 0 Å². The quantitative estimate of drug-likeness (QED) is 0.172. The number of aliphatic hydroxyl groups is 5. The number of esters is 3.